The maximum Gasteiger partial charge on any atom is 0.340 e. The molecule has 0 aliphatic rings. The Morgan fingerprint density at radius 2 is 1.81 bits per heavy atom. The van der Waals surface area contributed by atoms with Crippen molar-refractivity contribution < 1.29 is 17.9 Å². The Hall–Kier alpha value is -2.86. The van der Waals surface area contributed by atoms with Crippen LogP contribution in [0.4, 0.5) is 0 Å². The highest BCUT2D eigenvalue weighted by atomic mass is 32.2. The molecule has 2 aromatic carbocycles. The molecule has 0 amide bonds. The number of nitrogens with one attached hydrogen (secondary N) is 1. The third-order valence-corrected chi connectivity index (χ3v) is 5.18. The quantitative estimate of drug-likeness (QED) is 0.428. The summed E-state index contributed by atoms with van der Waals surface area (Å²) in [5.41, 5.74) is 2.55. The van der Waals surface area contributed by atoms with Crippen LogP contribution in [0.1, 0.15) is 23.6 Å². The summed E-state index contributed by atoms with van der Waals surface area (Å²) in [5.74, 6) is -0.597. The van der Waals surface area contributed by atoms with Gasteiger partial charge in [-0.15, -0.1) is 6.58 Å². The van der Waals surface area contributed by atoms with Crippen molar-refractivity contribution in [3.63, 3.8) is 0 Å². The molecule has 6 heteroatoms. The van der Waals surface area contributed by atoms with E-state index in [0.29, 0.717) is 12.0 Å². The zero-order valence-corrected chi connectivity index (χ0v) is 16.3. The number of ether oxygens (including phenoxy) is 1. The van der Waals surface area contributed by atoms with Crippen LogP contribution in [0.25, 0.3) is 5.57 Å². The summed E-state index contributed by atoms with van der Waals surface area (Å²) in [7, 11) is -3.81. The normalized spacial score (nSPS) is 11.7. The Labute approximate surface area is 160 Å². The Kier molecular flexibility index (Phi) is 6.96. The Bertz CT molecular complexity index is 944. The molecule has 27 heavy (non-hydrogen) atoms. The first-order valence-corrected chi connectivity index (χ1v) is 10.0. The fraction of sp³-hybridized carbons (Fsp3) is 0.190. The average Bonchev–Trinajstić information content (AvgIpc) is 2.64. The first-order valence-electron chi connectivity index (χ1n) is 8.54. The number of rotatable bonds is 8. The third kappa shape index (κ3) is 5.31. The second-order valence-electron chi connectivity index (χ2n) is 5.86. The first kappa shape index (κ1) is 20.5. The molecule has 0 aliphatic heterocycles. The maximum absolute atomic E-state index is 12.5. The van der Waals surface area contributed by atoms with E-state index in [0.717, 1.165) is 11.1 Å². The van der Waals surface area contributed by atoms with E-state index in [1.807, 2.05) is 19.1 Å². The van der Waals surface area contributed by atoms with Crippen LogP contribution in [-0.4, -0.2) is 21.0 Å². The van der Waals surface area contributed by atoms with Crippen molar-refractivity contribution in [2.45, 2.75) is 25.2 Å². The van der Waals surface area contributed by atoms with Crippen molar-refractivity contribution in [2.24, 2.45) is 0 Å². The molecule has 0 atom stereocenters. The van der Waals surface area contributed by atoms with Gasteiger partial charge in [0.15, 0.2) is 0 Å². The van der Waals surface area contributed by atoms with Crippen LogP contribution in [0.15, 0.2) is 72.3 Å². The minimum Gasteiger partial charge on any atom is -0.462 e. The largest absolute Gasteiger partial charge is 0.462 e. The fourth-order valence-corrected chi connectivity index (χ4v) is 3.40. The Morgan fingerprint density at radius 1 is 1.15 bits per heavy atom. The molecule has 0 radical (unpaired) electrons. The van der Waals surface area contributed by atoms with Gasteiger partial charge >= 0.3 is 5.97 Å². The van der Waals surface area contributed by atoms with Gasteiger partial charge in [-0.2, -0.15) is 0 Å². The molecule has 5 nitrogen and oxygen atoms in total. The summed E-state index contributed by atoms with van der Waals surface area (Å²) in [6, 6.07) is 13.7. The predicted molar refractivity (Wildman–Crippen MR) is 106 cm³/mol. The molecule has 0 fully saturated rings. The summed E-state index contributed by atoms with van der Waals surface area (Å²) in [4.78, 5) is 12.6. The highest BCUT2D eigenvalue weighted by Gasteiger charge is 2.19. The van der Waals surface area contributed by atoms with E-state index < -0.39 is 16.0 Å². The van der Waals surface area contributed by atoms with Gasteiger partial charge < -0.3 is 4.74 Å². The minimum absolute atomic E-state index is 0.118. The number of aryl methyl sites for hydroxylation is 1. The number of carbonyl (C=O) groups excluding carboxylic acids is 1. The highest BCUT2D eigenvalue weighted by Crippen LogP contribution is 2.22. The van der Waals surface area contributed by atoms with E-state index in [1.54, 1.807) is 37.3 Å². The first-order chi connectivity index (χ1) is 12.9. The zero-order chi connectivity index (χ0) is 19.9. The van der Waals surface area contributed by atoms with Crippen LogP contribution in [0.2, 0.25) is 0 Å². The van der Waals surface area contributed by atoms with Gasteiger partial charge in [-0.25, -0.2) is 13.2 Å². The lowest BCUT2D eigenvalue weighted by molar-refractivity contribution is -0.136. The SMILES string of the molecule is C=CCc1ccccc1/C(=C\NS(=O)(=O)c1ccc(C)cc1)C(=O)OCC. The smallest absolute Gasteiger partial charge is 0.340 e. The van der Waals surface area contributed by atoms with Gasteiger partial charge in [0.25, 0.3) is 10.0 Å². The van der Waals surface area contributed by atoms with E-state index >= 15 is 0 Å². The summed E-state index contributed by atoms with van der Waals surface area (Å²) in [6.07, 6.45) is 3.45. The van der Waals surface area contributed by atoms with Gasteiger partial charge in [0.1, 0.15) is 0 Å². The van der Waals surface area contributed by atoms with Crippen LogP contribution in [-0.2, 0) is 26.0 Å². The van der Waals surface area contributed by atoms with E-state index in [1.165, 1.54) is 18.3 Å². The van der Waals surface area contributed by atoms with Crippen molar-refractivity contribution >= 4 is 21.6 Å². The van der Waals surface area contributed by atoms with E-state index in [9.17, 15) is 13.2 Å². The molecule has 0 heterocycles. The zero-order valence-electron chi connectivity index (χ0n) is 15.4. The van der Waals surface area contributed by atoms with Gasteiger partial charge in [0.2, 0.25) is 0 Å². The fourth-order valence-electron chi connectivity index (χ4n) is 2.49. The monoisotopic (exact) mass is 385 g/mol. The minimum atomic E-state index is -3.81. The molecule has 0 unspecified atom stereocenters. The van der Waals surface area contributed by atoms with Crippen LogP contribution in [0.3, 0.4) is 0 Å². The van der Waals surface area contributed by atoms with E-state index in [-0.39, 0.29) is 17.1 Å². The second kappa shape index (κ2) is 9.19. The molecule has 2 rings (SSSR count). The highest BCUT2D eigenvalue weighted by molar-refractivity contribution is 7.89. The van der Waals surface area contributed by atoms with E-state index in [4.69, 9.17) is 4.74 Å². The van der Waals surface area contributed by atoms with Gasteiger partial charge in [-0.3, -0.25) is 4.72 Å². The van der Waals surface area contributed by atoms with Gasteiger partial charge in [-0.05, 0) is 43.5 Å². The van der Waals surface area contributed by atoms with Crippen LogP contribution < -0.4 is 4.72 Å². The lowest BCUT2D eigenvalue weighted by Crippen LogP contribution is -2.20. The molecule has 0 bridgehead atoms. The third-order valence-electron chi connectivity index (χ3n) is 3.86. The molecule has 0 saturated heterocycles. The topological polar surface area (TPSA) is 72.5 Å². The average molecular weight is 385 g/mol. The number of hydrogen-bond donors (Lipinski definition) is 1. The van der Waals surface area contributed by atoms with Crippen LogP contribution in [0.5, 0.6) is 0 Å². The summed E-state index contributed by atoms with van der Waals surface area (Å²) in [6.45, 7) is 7.48. The number of carbonyl (C=O) groups is 1. The number of sulfonamides is 1. The Morgan fingerprint density at radius 3 is 2.44 bits per heavy atom. The number of allylic oxidation sites excluding steroid dienone is 1. The number of hydrogen-bond acceptors (Lipinski definition) is 4. The summed E-state index contributed by atoms with van der Waals surface area (Å²) < 4.78 is 32.6. The van der Waals surface area contributed by atoms with E-state index in [2.05, 4.69) is 11.3 Å². The molecular formula is C21H23NO4S. The molecule has 142 valence electrons. The predicted octanol–water partition coefficient (Wildman–Crippen LogP) is 3.61. The van der Waals surface area contributed by atoms with Crippen LogP contribution in [0, 0.1) is 6.92 Å². The standard InChI is InChI=1S/C21H23NO4S/c1-4-8-17-9-6-7-10-19(17)20(21(23)26-5-2)15-22-27(24,25)18-13-11-16(3)12-14-18/h4,6-7,9-15,22H,1,5,8H2,2-3H3/b20-15+. The molecular weight excluding hydrogens is 362 g/mol. The maximum atomic E-state index is 12.5. The second-order valence-corrected chi connectivity index (χ2v) is 7.58. The number of esters is 1. The molecule has 2 aromatic rings. The summed E-state index contributed by atoms with van der Waals surface area (Å²) in [5, 5.41) is 0. The van der Waals surface area contributed by atoms with Gasteiger partial charge in [0.05, 0.1) is 17.1 Å². The Balaban J connectivity index is 2.44. The van der Waals surface area contributed by atoms with Crippen molar-refractivity contribution in [2.75, 3.05) is 6.61 Å². The van der Waals surface area contributed by atoms with Crippen LogP contribution >= 0.6 is 0 Å². The summed E-state index contributed by atoms with van der Waals surface area (Å²) >= 11 is 0. The van der Waals surface area contributed by atoms with Crippen molar-refractivity contribution in [3.05, 3.63) is 84.1 Å². The van der Waals surface area contributed by atoms with Gasteiger partial charge in [-0.1, -0.05) is 48.0 Å². The van der Waals surface area contributed by atoms with Crippen molar-refractivity contribution in [1.82, 2.24) is 4.72 Å². The van der Waals surface area contributed by atoms with Crippen molar-refractivity contribution in [3.8, 4) is 0 Å². The number of benzene rings is 2. The molecule has 1 N–H and O–H groups in total. The van der Waals surface area contributed by atoms with Gasteiger partial charge in [0, 0.05) is 6.20 Å². The molecule has 0 saturated carbocycles. The lowest BCUT2D eigenvalue weighted by atomic mass is 9.98. The molecule has 0 aliphatic carbocycles. The molecule has 0 aromatic heterocycles. The van der Waals surface area contributed by atoms with Crippen molar-refractivity contribution in [1.29, 1.82) is 0 Å². The molecule has 0 spiro atoms. The lowest BCUT2D eigenvalue weighted by Gasteiger charge is -2.12.